The molecule has 0 N–H and O–H groups in total. The zero-order valence-electron chi connectivity index (χ0n) is 12.6. The largest absolute Gasteiger partial charge is 0.272 e. The molecule has 0 aromatic heterocycles. The first-order chi connectivity index (χ1) is 9.45. The van der Waals surface area contributed by atoms with Crippen molar-refractivity contribution in [1.82, 2.24) is 4.31 Å². The Kier molecular flexibility index (Phi) is 7.25. The molecule has 1 rings (SSSR count). The van der Waals surface area contributed by atoms with Crippen LogP contribution in [-0.4, -0.2) is 34.3 Å². The molecule has 0 aliphatic heterocycles. The molecule has 1 aliphatic carbocycles. The van der Waals surface area contributed by atoms with Crippen molar-refractivity contribution in [3.05, 3.63) is 0 Å². The van der Waals surface area contributed by atoms with Crippen LogP contribution in [0.5, 0.6) is 0 Å². The molecule has 0 radical (unpaired) electrons. The molecule has 5 heteroatoms. The summed E-state index contributed by atoms with van der Waals surface area (Å²) >= 11 is 0. The monoisotopic (exact) mass is 298 g/mol. The maximum atomic E-state index is 12.2. The van der Waals surface area contributed by atoms with Gasteiger partial charge in [0.25, 0.3) is 5.91 Å². The second kappa shape index (κ2) is 8.43. The predicted molar refractivity (Wildman–Crippen MR) is 83.4 cm³/mol. The fourth-order valence-electron chi connectivity index (χ4n) is 2.53. The van der Waals surface area contributed by atoms with Gasteiger partial charge in [-0.3, -0.25) is 4.79 Å². The topological polar surface area (TPSA) is 49.7 Å². The fraction of sp³-hybridized carbons (Fsp3) is 0.800. The number of amides is 1. The Labute approximate surface area is 123 Å². The molecule has 1 amide bonds. The Balaban J connectivity index is 2.50. The lowest BCUT2D eigenvalue weighted by Gasteiger charge is -2.15. The summed E-state index contributed by atoms with van der Waals surface area (Å²) in [7, 11) is -1.04. The van der Waals surface area contributed by atoms with E-state index < -0.39 is 9.92 Å². The van der Waals surface area contributed by atoms with Gasteiger partial charge in [-0.15, -0.1) is 10.8 Å². The molecular weight excluding hydrogens is 272 g/mol. The molecule has 4 nitrogen and oxygen atoms in total. The van der Waals surface area contributed by atoms with Gasteiger partial charge in [0.05, 0.1) is 6.54 Å². The highest BCUT2D eigenvalue weighted by molar-refractivity contribution is 7.90. The van der Waals surface area contributed by atoms with Gasteiger partial charge in [-0.2, -0.15) is 0 Å². The smallest absolute Gasteiger partial charge is 0.254 e. The van der Waals surface area contributed by atoms with E-state index in [4.69, 9.17) is 6.42 Å². The highest BCUT2D eigenvalue weighted by Crippen LogP contribution is 2.26. The second-order valence-corrected chi connectivity index (χ2v) is 7.96. The summed E-state index contributed by atoms with van der Waals surface area (Å²) in [5, 5.41) is 0. The van der Waals surface area contributed by atoms with Crippen LogP contribution in [0, 0.1) is 18.3 Å². The standard InChI is InChI=1S/C15H26N2O2S/c1-4-13-17(2)20(3,19)16-15(18)12-11-14-9-7-5-6-8-10-14/h1,14H,5-13H2,2-3H3. The zero-order valence-corrected chi connectivity index (χ0v) is 13.5. The molecular formula is C15H26N2O2S. The molecule has 20 heavy (non-hydrogen) atoms. The molecule has 0 bridgehead atoms. The van der Waals surface area contributed by atoms with Crippen LogP contribution in [0.1, 0.15) is 51.4 Å². The van der Waals surface area contributed by atoms with E-state index in [2.05, 4.69) is 10.3 Å². The Bertz CT molecular complexity index is 465. The van der Waals surface area contributed by atoms with Crippen molar-refractivity contribution >= 4 is 15.8 Å². The van der Waals surface area contributed by atoms with Crippen molar-refractivity contribution in [2.45, 2.75) is 51.4 Å². The second-order valence-electron chi connectivity index (χ2n) is 5.63. The van der Waals surface area contributed by atoms with E-state index in [1.807, 2.05) is 0 Å². The quantitative estimate of drug-likeness (QED) is 0.579. The minimum atomic E-state index is -2.67. The first-order valence-electron chi connectivity index (χ1n) is 7.35. The number of carbonyl (C=O) groups is 1. The number of hydrogen-bond donors (Lipinski definition) is 0. The Hall–Kier alpha value is -0.860. The maximum Gasteiger partial charge on any atom is 0.254 e. The summed E-state index contributed by atoms with van der Waals surface area (Å²) in [6.45, 7) is 0.231. The van der Waals surface area contributed by atoms with Crippen LogP contribution >= 0.6 is 0 Å². The molecule has 114 valence electrons. The third-order valence-corrected chi connectivity index (χ3v) is 5.73. The van der Waals surface area contributed by atoms with E-state index in [1.165, 1.54) is 49.1 Å². The van der Waals surface area contributed by atoms with Crippen LogP contribution in [0.2, 0.25) is 0 Å². The predicted octanol–water partition coefficient (Wildman–Crippen LogP) is 2.84. The lowest BCUT2D eigenvalue weighted by Crippen LogP contribution is -2.26. The summed E-state index contributed by atoms with van der Waals surface area (Å²) in [6.07, 6.45) is 15.5. The van der Waals surface area contributed by atoms with Crippen molar-refractivity contribution in [3.63, 3.8) is 0 Å². The highest BCUT2D eigenvalue weighted by Gasteiger charge is 2.15. The van der Waals surface area contributed by atoms with Gasteiger partial charge < -0.3 is 0 Å². The van der Waals surface area contributed by atoms with Crippen molar-refractivity contribution in [2.24, 2.45) is 10.3 Å². The molecule has 0 heterocycles. The van der Waals surface area contributed by atoms with Crippen molar-refractivity contribution in [3.8, 4) is 12.3 Å². The number of terminal acetylenes is 1. The van der Waals surface area contributed by atoms with Gasteiger partial charge in [0.15, 0.2) is 0 Å². The number of nitrogens with zero attached hydrogens (tertiary/aromatic N) is 2. The minimum Gasteiger partial charge on any atom is -0.272 e. The van der Waals surface area contributed by atoms with Crippen LogP contribution < -0.4 is 0 Å². The van der Waals surface area contributed by atoms with Gasteiger partial charge in [-0.25, -0.2) is 8.51 Å². The van der Waals surface area contributed by atoms with Crippen LogP contribution in [0.25, 0.3) is 0 Å². The first-order valence-corrected chi connectivity index (χ1v) is 9.23. The summed E-state index contributed by atoms with van der Waals surface area (Å²) in [4.78, 5) is 11.9. The first kappa shape index (κ1) is 17.2. The van der Waals surface area contributed by atoms with E-state index in [0.717, 1.165) is 6.42 Å². The van der Waals surface area contributed by atoms with Gasteiger partial charge in [0.2, 0.25) is 0 Å². The fourth-order valence-corrected chi connectivity index (χ4v) is 3.46. The van der Waals surface area contributed by atoms with Gasteiger partial charge in [0.1, 0.15) is 9.92 Å². The van der Waals surface area contributed by atoms with E-state index in [0.29, 0.717) is 12.3 Å². The van der Waals surface area contributed by atoms with E-state index in [-0.39, 0.29) is 12.5 Å². The van der Waals surface area contributed by atoms with Crippen LogP contribution in [0.3, 0.4) is 0 Å². The third kappa shape index (κ3) is 6.06. The highest BCUT2D eigenvalue weighted by atomic mass is 32.2. The van der Waals surface area contributed by atoms with Crippen molar-refractivity contribution in [2.75, 3.05) is 19.8 Å². The van der Waals surface area contributed by atoms with Crippen molar-refractivity contribution in [1.29, 1.82) is 0 Å². The van der Waals surface area contributed by atoms with Crippen molar-refractivity contribution < 1.29 is 9.00 Å². The molecule has 1 saturated carbocycles. The maximum absolute atomic E-state index is 12.2. The van der Waals surface area contributed by atoms with E-state index >= 15 is 0 Å². The Morgan fingerprint density at radius 3 is 2.50 bits per heavy atom. The summed E-state index contributed by atoms with van der Waals surface area (Å²) in [6, 6.07) is 0. The molecule has 1 unspecified atom stereocenters. The van der Waals surface area contributed by atoms with Gasteiger partial charge in [-0.1, -0.05) is 44.4 Å². The molecule has 1 aliphatic rings. The van der Waals surface area contributed by atoms with E-state index in [9.17, 15) is 9.00 Å². The van der Waals surface area contributed by atoms with Gasteiger partial charge in [0, 0.05) is 19.7 Å². The minimum absolute atomic E-state index is 0.231. The van der Waals surface area contributed by atoms with Crippen LogP contribution in [-0.2, 0) is 14.7 Å². The zero-order chi connectivity index (χ0) is 15.0. The molecule has 0 saturated heterocycles. The number of hydrogen-bond acceptors (Lipinski definition) is 2. The molecule has 0 aromatic rings. The molecule has 0 aromatic carbocycles. The number of carbonyl (C=O) groups excluding carboxylic acids is 1. The average Bonchev–Trinajstić information content (AvgIpc) is 2.64. The van der Waals surface area contributed by atoms with Gasteiger partial charge in [-0.05, 0) is 12.3 Å². The SMILES string of the molecule is C#CCN(C)S(C)(=O)=NC(=O)CCC1CCCCCC1. The number of rotatable bonds is 5. The summed E-state index contributed by atoms with van der Waals surface area (Å²) in [5.41, 5.74) is 0. The van der Waals surface area contributed by atoms with E-state index in [1.54, 1.807) is 7.05 Å². The lowest BCUT2D eigenvalue weighted by molar-refractivity contribution is -0.117. The Morgan fingerprint density at radius 1 is 1.35 bits per heavy atom. The van der Waals surface area contributed by atoms with Crippen LogP contribution in [0.4, 0.5) is 0 Å². The summed E-state index contributed by atoms with van der Waals surface area (Å²) < 4.78 is 17.5. The Morgan fingerprint density at radius 2 is 1.95 bits per heavy atom. The van der Waals surface area contributed by atoms with Crippen LogP contribution in [0.15, 0.2) is 4.36 Å². The van der Waals surface area contributed by atoms with Gasteiger partial charge >= 0.3 is 0 Å². The summed E-state index contributed by atoms with van der Waals surface area (Å²) in [5.74, 6) is 2.79. The molecule has 1 fully saturated rings. The third-order valence-electron chi connectivity index (χ3n) is 3.90. The average molecular weight is 298 g/mol. The molecule has 0 spiro atoms. The normalized spacial score (nSPS) is 19.9. The lowest BCUT2D eigenvalue weighted by atomic mass is 9.95. The molecule has 1 atom stereocenters.